The smallest absolute Gasteiger partial charge is 0.0762 e. The molecule has 0 atom stereocenters. The summed E-state index contributed by atoms with van der Waals surface area (Å²) in [5.74, 6) is 0.626. The van der Waals surface area contributed by atoms with Crippen LogP contribution >= 0.6 is 12.4 Å². The predicted molar refractivity (Wildman–Crippen MR) is 82.8 cm³/mol. The molecule has 6 heteroatoms. The van der Waals surface area contributed by atoms with Gasteiger partial charge in [0.25, 0.3) is 0 Å². The Hall–Kier alpha value is -1.33. The van der Waals surface area contributed by atoms with Crippen molar-refractivity contribution in [1.82, 2.24) is 24.9 Å². The molecule has 0 aliphatic rings. The van der Waals surface area contributed by atoms with Crippen LogP contribution in [0, 0.1) is 5.92 Å². The fourth-order valence-corrected chi connectivity index (χ4v) is 1.98. The molecule has 0 aliphatic carbocycles. The first-order valence-electron chi connectivity index (χ1n) is 6.91. The molecule has 20 heavy (non-hydrogen) atoms. The topological polar surface area (TPSA) is 47.7 Å². The molecule has 0 aromatic carbocycles. The van der Waals surface area contributed by atoms with Crippen LogP contribution in [0.1, 0.15) is 32.0 Å². The third-order valence-corrected chi connectivity index (χ3v) is 2.89. The van der Waals surface area contributed by atoms with Gasteiger partial charge < -0.3 is 5.32 Å². The van der Waals surface area contributed by atoms with E-state index in [9.17, 15) is 0 Å². The van der Waals surface area contributed by atoms with Gasteiger partial charge in [-0.1, -0.05) is 13.8 Å². The van der Waals surface area contributed by atoms with Gasteiger partial charge in [0.2, 0.25) is 0 Å². The fraction of sp³-hybridized carbons (Fsp3) is 0.571. The first kappa shape index (κ1) is 16.7. The van der Waals surface area contributed by atoms with Crippen molar-refractivity contribution in [2.24, 2.45) is 5.92 Å². The highest BCUT2D eigenvalue weighted by atomic mass is 35.5. The molecule has 0 fully saturated rings. The molecule has 0 aliphatic heterocycles. The maximum Gasteiger partial charge on any atom is 0.0762 e. The standard InChI is InChI=1S/C14H23N5.ClH/c1-4-18-11-13(8-16-18)7-15-9-14-5-6-19(17-14)10-12(2)3;/h5-6,8,11-12,15H,4,7,9-10H2,1-3H3;1H. The molecule has 2 aromatic rings. The van der Waals surface area contributed by atoms with Crippen molar-refractivity contribution >= 4 is 12.4 Å². The van der Waals surface area contributed by atoms with E-state index in [0.717, 1.165) is 31.9 Å². The van der Waals surface area contributed by atoms with Gasteiger partial charge in [-0.2, -0.15) is 10.2 Å². The molecular weight excluding hydrogens is 274 g/mol. The average molecular weight is 298 g/mol. The Bertz CT molecular complexity index is 503. The molecule has 0 saturated carbocycles. The molecule has 0 radical (unpaired) electrons. The minimum Gasteiger partial charge on any atom is -0.307 e. The number of aryl methyl sites for hydroxylation is 1. The summed E-state index contributed by atoms with van der Waals surface area (Å²) in [6.07, 6.45) is 6.03. The highest BCUT2D eigenvalue weighted by Crippen LogP contribution is 2.02. The summed E-state index contributed by atoms with van der Waals surface area (Å²) in [7, 11) is 0. The van der Waals surface area contributed by atoms with Crippen LogP contribution in [-0.4, -0.2) is 19.6 Å². The van der Waals surface area contributed by atoms with E-state index in [1.165, 1.54) is 5.56 Å². The molecule has 0 spiro atoms. The highest BCUT2D eigenvalue weighted by molar-refractivity contribution is 5.85. The second kappa shape index (κ2) is 8.07. The van der Waals surface area contributed by atoms with Gasteiger partial charge in [0.05, 0.1) is 11.9 Å². The number of aromatic nitrogens is 4. The van der Waals surface area contributed by atoms with Crippen LogP contribution in [0.5, 0.6) is 0 Å². The Morgan fingerprint density at radius 1 is 1.25 bits per heavy atom. The van der Waals surface area contributed by atoms with Crippen molar-refractivity contribution in [2.75, 3.05) is 0 Å². The van der Waals surface area contributed by atoms with E-state index in [1.807, 2.05) is 21.8 Å². The van der Waals surface area contributed by atoms with Crippen LogP contribution in [0.3, 0.4) is 0 Å². The summed E-state index contributed by atoms with van der Waals surface area (Å²) in [6.45, 7) is 10.0. The SMILES string of the molecule is CCn1cc(CNCc2ccn(CC(C)C)n2)cn1.Cl. The van der Waals surface area contributed by atoms with E-state index >= 15 is 0 Å². The number of nitrogens with one attached hydrogen (secondary N) is 1. The summed E-state index contributed by atoms with van der Waals surface area (Å²) in [6, 6.07) is 2.07. The molecule has 0 saturated heterocycles. The van der Waals surface area contributed by atoms with Crippen molar-refractivity contribution in [3.63, 3.8) is 0 Å². The van der Waals surface area contributed by atoms with Crippen molar-refractivity contribution in [3.05, 3.63) is 35.9 Å². The zero-order valence-electron chi connectivity index (χ0n) is 12.4. The third-order valence-electron chi connectivity index (χ3n) is 2.89. The second-order valence-electron chi connectivity index (χ2n) is 5.23. The normalized spacial score (nSPS) is 10.8. The van der Waals surface area contributed by atoms with E-state index in [2.05, 4.69) is 48.5 Å². The third kappa shape index (κ3) is 4.98. The first-order valence-corrected chi connectivity index (χ1v) is 6.91. The molecule has 2 aromatic heterocycles. The van der Waals surface area contributed by atoms with Gasteiger partial charge in [-0.25, -0.2) is 0 Å². The Morgan fingerprint density at radius 2 is 2.05 bits per heavy atom. The zero-order chi connectivity index (χ0) is 13.7. The molecule has 0 amide bonds. The summed E-state index contributed by atoms with van der Waals surface area (Å²) >= 11 is 0. The average Bonchev–Trinajstić information content (AvgIpc) is 2.98. The maximum atomic E-state index is 4.54. The monoisotopic (exact) mass is 297 g/mol. The quantitative estimate of drug-likeness (QED) is 0.854. The van der Waals surface area contributed by atoms with Crippen molar-refractivity contribution < 1.29 is 0 Å². The molecule has 112 valence electrons. The summed E-state index contributed by atoms with van der Waals surface area (Å²) in [4.78, 5) is 0. The number of hydrogen-bond donors (Lipinski definition) is 1. The minimum absolute atomic E-state index is 0. The second-order valence-corrected chi connectivity index (χ2v) is 5.23. The zero-order valence-corrected chi connectivity index (χ0v) is 13.2. The van der Waals surface area contributed by atoms with Crippen molar-refractivity contribution in [1.29, 1.82) is 0 Å². The van der Waals surface area contributed by atoms with Crippen LogP contribution in [0.25, 0.3) is 0 Å². The number of halogens is 1. The van der Waals surface area contributed by atoms with Gasteiger partial charge in [0.1, 0.15) is 0 Å². The Morgan fingerprint density at radius 3 is 2.70 bits per heavy atom. The van der Waals surface area contributed by atoms with E-state index in [-0.39, 0.29) is 12.4 Å². The van der Waals surface area contributed by atoms with E-state index in [1.54, 1.807) is 0 Å². The van der Waals surface area contributed by atoms with E-state index in [4.69, 9.17) is 0 Å². The van der Waals surface area contributed by atoms with Crippen molar-refractivity contribution in [3.8, 4) is 0 Å². The highest BCUT2D eigenvalue weighted by Gasteiger charge is 2.02. The largest absolute Gasteiger partial charge is 0.307 e. The number of nitrogens with zero attached hydrogens (tertiary/aromatic N) is 4. The number of rotatable bonds is 7. The van der Waals surface area contributed by atoms with Crippen LogP contribution in [0.2, 0.25) is 0 Å². The Balaban J connectivity index is 0.00000200. The lowest BCUT2D eigenvalue weighted by molar-refractivity contribution is 0.477. The van der Waals surface area contributed by atoms with Crippen LogP contribution < -0.4 is 5.32 Å². The minimum atomic E-state index is 0. The van der Waals surface area contributed by atoms with Gasteiger partial charge in [0.15, 0.2) is 0 Å². The summed E-state index contributed by atoms with van der Waals surface area (Å²) in [5, 5.41) is 12.2. The van der Waals surface area contributed by atoms with Crippen molar-refractivity contribution in [2.45, 2.75) is 47.0 Å². The Labute approximate surface area is 126 Å². The summed E-state index contributed by atoms with van der Waals surface area (Å²) in [5.41, 5.74) is 2.30. The summed E-state index contributed by atoms with van der Waals surface area (Å²) < 4.78 is 3.95. The fourth-order valence-electron chi connectivity index (χ4n) is 1.98. The molecule has 0 bridgehead atoms. The van der Waals surface area contributed by atoms with Gasteiger partial charge in [0, 0.05) is 44.1 Å². The first-order chi connectivity index (χ1) is 9.17. The van der Waals surface area contributed by atoms with Crippen LogP contribution in [0.4, 0.5) is 0 Å². The molecular formula is C14H24ClN5. The molecule has 2 rings (SSSR count). The molecule has 0 unspecified atom stereocenters. The van der Waals surface area contributed by atoms with Gasteiger partial charge in [-0.3, -0.25) is 9.36 Å². The lowest BCUT2D eigenvalue weighted by Gasteiger charge is -2.04. The van der Waals surface area contributed by atoms with E-state index in [0.29, 0.717) is 5.92 Å². The molecule has 1 N–H and O–H groups in total. The van der Waals surface area contributed by atoms with Gasteiger partial charge in [-0.15, -0.1) is 12.4 Å². The lowest BCUT2D eigenvalue weighted by Crippen LogP contribution is -2.13. The number of hydrogen-bond acceptors (Lipinski definition) is 3. The van der Waals surface area contributed by atoms with E-state index < -0.39 is 0 Å². The maximum absolute atomic E-state index is 4.54. The molecule has 5 nitrogen and oxygen atoms in total. The van der Waals surface area contributed by atoms with Gasteiger partial charge >= 0.3 is 0 Å². The van der Waals surface area contributed by atoms with Gasteiger partial charge in [-0.05, 0) is 18.9 Å². The lowest BCUT2D eigenvalue weighted by atomic mass is 10.2. The molecule has 2 heterocycles. The van der Waals surface area contributed by atoms with Crippen LogP contribution in [-0.2, 0) is 26.2 Å². The van der Waals surface area contributed by atoms with Crippen LogP contribution in [0.15, 0.2) is 24.7 Å². The predicted octanol–water partition coefficient (Wildman–Crippen LogP) is 2.47. The Kier molecular flexibility index (Phi) is 6.75.